The zero-order chi connectivity index (χ0) is 31.7. The van der Waals surface area contributed by atoms with Crippen LogP contribution in [-0.2, 0) is 0 Å². The Morgan fingerprint density at radius 3 is 1.70 bits per heavy atom. The normalized spacial score (nSPS) is 11.4. The standard InChI is InChI=1S/C42H30N4/c1-25-13-10-14-26(2)39(25)45-35-21-8-6-18-30(35)32-23-33(37-29(24-43)17-12-20-34(37)44-5)42-38(41(32)45)31-19-7-9-22-36(31)46(42)40-27(3)15-11-16-28(40)4/h6-23H,1-4H3. The van der Waals surface area contributed by atoms with Gasteiger partial charge < -0.3 is 9.13 Å². The number of benzene rings is 6. The van der Waals surface area contributed by atoms with Crippen LogP contribution in [-0.4, -0.2) is 9.13 Å². The van der Waals surface area contributed by atoms with E-state index in [2.05, 4.69) is 139 Å². The molecule has 0 bridgehead atoms. The molecule has 2 aromatic heterocycles. The topological polar surface area (TPSA) is 38.0 Å². The van der Waals surface area contributed by atoms with Crippen molar-refractivity contribution in [3.8, 4) is 28.6 Å². The number of nitrogens with zero attached hydrogens (tertiary/aromatic N) is 4. The Morgan fingerprint density at radius 1 is 0.587 bits per heavy atom. The number of aromatic nitrogens is 2. The molecular formula is C42H30N4. The van der Waals surface area contributed by atoms with E-state index in [0.717, 1.165) is 66.0 Å². The van der Waals surface area contributed by atoms with Gasteiger partial charge in [0.25, 0.3) is 0 Å². The van der Waals surface area contributed by atoms with Crippen molar-refractivity contribution in [2.75, 3.05) is 0 Å². The van der Waals surface area contributed by atoms with E-state index in [1.54, 1.807) is 6.07 Å². The van der Waals surface area contributed by atoms with Gasteiger partial charge in [0.15, 0.2) is 5.69 Å². The van der Waals surface area contributed by atoms with Crippen LogP contribution in [0.3, 0.4) is 0 Å². The first kappa shape index (κ1) is 27.4. The highest BCUT2D eigenvalue weighted by atomic mass is 15.0. The highest BCUT2D eigenvalue weighted by molar-refractivity contribution is 6.29. The van der Waals surface area contributed by atoms with Gasteiger partial charge in [-0.05, 0) is 79.8 Å². The monoisotopic (exact) mass is 590 g/mol. The summed E-state index contributed by atoms with van der Waals surface area (Å²) in [6.07, 6.45) is 0. The van der Waals surface area contributed by atoms with Gasteiger partial charge in [-0.1, -0.05) is 84.9 Å². The van der Waals surface area contributed by atoms with Crippen LogP contribution >= 0.6 is 0 Å². The molecule has 0 saturated carbocycles. The minimum Gasteiger partial charge on any atom is -0.308 e. The Morgan fingerprint density at radius 2 is 1.11 bits per heavy atom. The van der Waals surface area contributed by atoms with Gasteiger partial charge in [-0.3, -0.25) is 0 Å². The molecule has 0 aliphatic heterocycles. The van der Waals surface area contributed by atoms with Crippen LogP contribution in [0.15, 0.2) is 109 Å². The Labute approximate surface area is 267 Å². The lowest BCUT2D eigenvalue weighted by atomic mass is 9.93. The largest absolute Gasteiger partial charge is 0.308 e. The smallest absolute Gasteiger partial charge is 0.196 e. The van der Waals surface area contributed by atoms with Crippen LogP contribution in [0.25, 0.3) is 71.0 Å². The summed E-state index contributed by atoms with van der Waals surface area (Å²) in [4.78, 5) is 3.96. The lowest BCUT2D eigenvalue weighted by Gasteiger charge is -2.19. The molecule has 0 unspecified atom stereocenters. The third-order valence-electron chi connectivity index (χ3n) is 9.45. The number of para-hydroxylation sites is 4. The van der Waals surface area contributed by atoms with Gasteiger partial charge in [0.1, 0.15) is 0 Å². The molecule has 0 aliphatic carbocycles. The second-order valence-corrected chi connectivity index (χ2v) is 12.2. The zero-order valence-corrected chi connectivity index (χ0v) is 26.2. The average Bonchev–Trinajstić information content (AvgIpc) is 3.57. The highest BCUT2D eigenvalue weighted by Gasteiger charge is 2.27. The van der Waals surface area contributed by atoms with E-state index in [0.29, 0.717) is 16.8 Å². The number of aryl methyl sites for hydroxylation is 4. The van der Waals surface area contributed by atoms with Crippen LogP contribution in [0.5, 0.6) is 0 Å². The minimum absolute atomic E-state index is 0.469. The molecule has 4 heteroatoms. The first-order valence-electron chi connectivity index (χ1n) is 15.5. The Kier molecular flexibility index (Phi) is 6.11. The van der Waals surface area contributed by atoms with Gasteiger partial charge in [0.05, 0.1) is 46.1 Å². The van der Waals surface area contributed by atoms with Crippen molar-refractivity contribution in [2.45, 2.75) is 27.7 Å². The first-order chi connectivity index (χ1) is 22.4. The van der Waals surface area contributed by atoms with Gasteiger partial charge in [0, 0.05) is 32.7 Å². The number of nitriles is 1. The van der Waals surface area contributed by atoms with Crippen molar-refractivity contribution in [2.24, 2.45) is 0 Å². The molecule has 8 rings (SSSR count). The molecule has 0 N–H and O–H groups in total. The number of rotatable bonds is 3. The molecule has 0 saturated heterocycles. The van der Waals surface area contributed by atoms with E-state index in [9.17, 15) is 5.26 Å². The molecular weight excluding hydrogens is 560 g/mol. The summed E-state index contributed by atoms with van der Waals surface area (Å²) >= 11 is 0. The average molecular weight is 591 g/mol. The van der Waals surface area contributed by atoms with Crippen LogP contribution < -0.4 is 0 Å². The quantitative estimate of drug-likeness (QED) is 0.189. The fourth-order valence-electron chi connectivity index (χ4n) is 7.59. The van der Waals surface area contributed by atoms with Gasteiger partial charge in [-0.2, -0.15) is 5.26 Å². The van der Waals surface area contributed by atoms with Crippen LogP contribution in [0.2, 0.25) is 0 Å². The lowest BCUT2D eigenvalue weighted by Crippen LogP contribution is -2.02. The fraction of sp³-hybridized carbons (Fsp3) is 0.0952. The summed E-state index contributed by atoms with van der Waals surface area (Å²) in [5.41, 5.74) is 13.8. The van der Waals surface area contributed by atoms with E-state index in [1.165, 1.54) is 16.8 Å². The highest BCUT2D eigenvalue weighted by Crippen LogP contribution is 2.49. The molecule has 0 radical (unpaired) electrons. The van der Waals surface area contributed by atoms with Gasteiger partial charge in [-0.15, -0.1) is 0 Å². The summed E-state index contributed by atoms with van der Waals surface area (Å²) in [6.45, 7) is 16.8. The molecule has 0 spiro atoms. The van der Waals surface area contributed by atoms with Crippen molar-refractivity contribution in [1.82, 2.24) is 9.13 Å². The summed E-state index contributed by atoms with van der Waals surface area (Å²) in [6, 6.07) is 40.2. The molecule has 218 valence electrons. The molecule has 0 atom stereocenters. The van der Waals surface area contributed by atoms with E-state index >= 15 is 0 Å². The Balaban J connectivity index is 1.76. The van der Waals surface area contributed by atoms with E-state index < -0.39 is 0 Å². The molecule has 0 aliphatic rings. The second kappa shape index (κ2) is 10.2. The molecule has 6 aromatic carbocycles. The SMILES string of the molecule is [C-]#[N+]c1cccc(C#N)c1-c1cc2c3ccccc3n(-c3c(C)cccc3C)c2c2c3ccccc3n(-c3c(C)cccc3C)c12. The maximum absolute atomic E-state index is 10.4. The molecule has 0 amide bonds. The third kappa shape index (κ3) is 3.71. The van der Waals surface area contributed by atoms with Gasteiger partial charge in [-0.25, -0.2) is 4.85 Å². The molecule has 0 fully saturated rings. The van der Waals surface area contributed by atoms with Crippen LogP contribution in [0.4, 0.5) is 5.69 Å². The molecule has 46 heavy (non-hydrogen) atoms. The molecule has 4 nitrogen and oxygen atoms in total. The maximum Gasteiger partial charge on any atom is 0.196 e. The second-order valence-electron chi connectivity index (χ2n) is 12.2. The number of hydrogen-bond acceptors (Lipinski definition) is 1. The van der Waals surface area contributed by atoms with Crippen molar-refractivity contribution in [3.05, 3.63) is 148 Å². The summed E-state index contributed by atoms with van der Waals surface area (Å²) in [5.74, 6) is 0. The van der Waals surface area contributed by atoms with Crippen molar-refractivity contribution < 1.29 is 0 Å². The minimum atomic E-state index is 0.469. The first-order valence-corrected chi connectivity index (χ1v) is 15.5. The van der Waals surface area contributed by atoms with Gasteiger partial charge in [0.2, 0.25) is 0 Å². The van der Waals surface area contributed by atoms with Crippen molar-refractivity contribution >= 4 is 49.3 Å². The fourth-order valence-corrected chi connectivity index (χ4v) is 7.59. The summed E-state index contributed by atoms with van der Waals surface area (Å²) < 4.78 is 4.81. The van der Waals surface area contributed by atoms with E-state index in [-0.39, 0.29) is 0 Å². The van der Waals surface area contributed by atoms with E-state index in [1.807, 2.05) is 12.1 Å². The lowest BCUT2D eigenvalue weighted by molar-refractivity contribution is 1.12. The summed E-state index contributed by atoms with van der Waals surface area (Å²) in [5, 5.41) is 14.9. The van der Waals surface area contributed by atoms with Crippen LogP contribution in [0.1, 0.15) is 27.8 Å². The predicted octanol–water partition coefficient (Wildman–Crippen LogP) is 11.2. The van der Waals surface area contributed by atoms with Gasteiger partial charge >= 0.3 is 0 Å². The number of fused-ring (bicyclic) bond motifs is 7. The van der Waals surface area contributed by atoms with Crippen LogP contribution in [0, 0.1) is 45.6 Å². The number of hydrogen-bond donors (Lipinski definition) is 0. The summed E-state index contributed by atoms with van der Waals surface area (Å²) in [7, 11) is 0. The Bertz CT molecular complexity index is 2580. The Hall–Kier alpha value is -6.10. The molecule has 8 aromatic rings. The maximum atomic E-state index is 10.4. The van der Waals surface area contributed by atoms with Crippen molar-refractivity contribution in [1.29, 1.82) is 5.26 Å². The zero-order valence-electron chi connectivity index (χ0n) is 26.2. The third-order valence-corrected chi connectivity index (χ3v) is 9.45. The molecule has 2 heterocycles. The van der Waals surface area contributed by atoms with E-state index in [4.69, 9.17) is 6.57 Å². The van der Waals surface area contributed by atoms with Crippen molar-refractivity contribution in [3.63, 3.8) is 0 Å². The predicted molar refractivity (Wildman–Crippen MR) is 190 cm³/mol.